The molecule has 0 saturated carbocycles. The van der Waals surface area contributed by atoms with Crippen molar-refractivity contribution in [3.63, 3.8) is 0 Å². The summed E-state index contributed by atoms with van der Waals surface area (Å²) in [7, 11) is 2.96. The second-order valence-corrected chi connectivity index (χ2v) is 4.51. The number of rotatable bonds is 4. The molecule has 22 heavy (non-hydrogen) atoms. The maximum Gasteiger partial charge on any atom is 0.322 e. The summed E-state index contributed by atoms with van der Waals surface area (Å²) in [4.78, 5) is 33.9. The number of carbonyl (C=O) groups excluding carboxylic acids is 2. The van der Waals surface area contributed by atoms with Crippen LogP contribution in [0.5, 0.6) is 0 Å². The molecule has 0 spiro atoms. The van der Waals surface area contributed by atoms with Crippen LogP contribution < -0.4 is 11.1 Å². The third kappa shape index (κ3) is 2.39. The first-order valence-corrected chi connectivity index (χ1v) is 6.05. The second-order valence-electron chi connectivity index (χ2n) is 4.51. The van der Waals surface area contributed by atoms with Gasteiger partial charge in [-0.25, -0.2) is 0 Å². The third-order valence-corrected chi connectivity index (χ3v) is 3.12. The first kappa shape index (κ1) is 15.2. The van der Waals surface area contributed by atoms with Gasteiger partial charge in [0.2, 0.25) is 5.69 Å². The van der Waals surface area contributed by atoms with Gasteiger partial charge in [0.25, 0.3) is 11.8 Å². The van der Waals surface area contributed by atoms with Crippen LogP contribution in [0, 0.1) is 17.0 Å². The zero-order chi connectivity index (χ0) is 16.6. The molecule has 0 aromatic carbocycles. The molecule has 0 aliphatic carbocycles. The van der Waals surface area contributed by atoms with E-state index in [-0.39, 0.29) is 22.8 Å². The molecule has 11 heteroatoms. The van der Waals surface area contributed by atoms with Gasteiger partial charge in [0, 0.05) is 14.1 Å². The number of aromatic nitrogens is 4. The van der Waals surface area contributed by atoms with Crippen LogP contribution in [0.4, 0.5) is 11.4 Å². The lowest BCUT2D eigenvalue weighted by molar-refractivity contribution is -0.385. The Morgan fingerprint density at radius 3 is 2.55 bits per heavy atom. The molecule has 2 heterocycles. The Balaban J connectivity index is 2.41. The Morgan fingerprint density at radius 2 is 2.00 bits per heavy atom. The van der Waals surface area contributed by atoms with E-state index in [0.717, 1.165) is 0 Å². The molecule has 11 nitrogen and oxygen atoms in total. The molecule has 0 unspecified atom stereocenters. The summed E-state index contributed by atoms with van der Waals surface area (Å²) in [5.41, 5.74) is 4.71. The summed E-state index contributed by atoms with van der Waals surface area (Å²) in [5, 5.41) is 21.1. The van der Waals surface area contributed by atoms with Crippen molar-refractivity contribution in [3.8, 4) is 0 Å². The van der Waals surface area contributed by atoms with Crippen LogP contribution in [0.3, 0.4) is 0 Å². The summed E-state index contributed by atoms with van der Waals surface area (Å²) in [6.45, 7) is 1.47. The molecule has 0 bridgehead atoms. The minimum atomic E-state index is -0.828. The first-order chi connectivity index (χ1) is 10.2. The number of primary amides is 1. The fourth-order valence-corrected chi connectivity index (χ4v) is 1.97. The Labute approximate surface area is 123 Å². The van der Waals surface area contributed by atoms with E-state index >= 15 is 0 Å². The monoisotopic (exact) mass is 307 g/mol. The molecule has 3 N–H and O–H groups in total. The molecule has 2 rings (SSSR count). The van der Waals surface area contributed by atoms with E-state index in [9.17, 15) is 19.7 Å². The van der Waals surface area contributed by atoms with Gasteiger partial charge in [0.15, 0.2) is 0 Å². The number of hydrogen-bond acceptors (Lipinski definition) is 6. The van der Waals surface area contributed by atoms with Crippen LogP contribution in [0.15, 0.2) is 6.20 Å². The quantitative estimate of drug-likeness (QED) is 0.585. The zero-order valence-electron chi connectivity index (χ0n) is 12.0. The van der Waals surface area contributed by atoms with Crippen LogP contribution >= 0.6 is 0 Å². The van der Waals surface area contributed by atoms with E-state index in [0.29, 0.717) is 0 Å². The molecular weight excluding hydrogens is 294 g/mol. The average molecular weight is 307 g/mol. The van der Waals surface area contributed by atoms with Gasteiger partial charge in [0.1, 0.15) is 11.4 Å². The van der Waals surface area contributed by atoms with Gasteiger partial charge in [-0.05, 0) is 6.92 Å². The van der Waals surface area contributed by atoms with Crippen molar-refractivity contribution in [2.75, 3.05) is 5.32 Å². The zero-order valence-corrected chi connectivity index (χ0v) is 12.0. The van der Waals surface area contributed by atoms with Crippen molar-refractivity contribution in [1.82, 2.24) is 19.6 Å². The average Bonchev–Trinajstić information content (AvgIpc) is 2.91. The Morgan fingerprint density at radius 1 is 1.36 bits per heavy atom. The molecule has 0 fully saturated rings. The minimum Gasteiger partial charge on any atom is -0.364 e. The van der Waals surface area contributed by atoms with E-state index in [1.165, 1.54) is 36.6 Å². The smallest absolute Gasteiger partial charge is 0.322 e. The summed E-state index contributed by atoms with van der Waals surface area (Å²) in [5.74, 6) is -1.62. The topological polar surface area (TPSA) is 151 Å². The molecule has 0 atom stereocenters. The highest BCUT2D eigenvalue weighted by Gasteiger charge is 2.30. The molecule has 0 aliphatic heterocycles. The Bertz CT molecular complexity index is 789. The number of amides is 2. The lowest BCUT2D eigenvalue weighted by atomic mass is 10.2. The highest BCUT2D eigenvalue weighted by atomic mass is 16.6. The van der Waals surface area contributed by atoms with Gasteiger partial charge in [0.05, 0.1) is 16.8 Å². The Hall–Kier alpha value is -3.24. The largest absolute Gasteiger partial charge is 0.364 e. The molecule has 0 saturated heterocycles. The van der Waals surface area contributed by atoms with E-state index in [1.54, 1.807) is 0 Å². The van der Waals surface area contributed by atoms with Crippen molar-refractivity contribution in [3.05, 3.63) is 33.4 Å². The predicted molar refractivity (Wildman–Crippen MR) is 74.3 cm³/mol. The first-order valence-electron chi connectivity index (χ1n) is 6.05. The maximum absolute atomic E-state index is 12.2. The SMILES string of the molecule is Cc1c([N+](=O)[O-])c(C(=O)Nc2cnn(C)c2C(N)=O)nn1C. The number of carbonyl (C=O) groups is 2. The second kappa shape index (κ2) is 5.27. The van der Waals surface area contributed by atoms with Crippen molar-refractivity contribution in [1.29, 1.82) is 0 Å². The summed E-state index contributed by atoms with van der Waals surface area (Å²) >= 11 is 0. The lowest BCUT2D eigenvalue weighted by Crippen LogP contribution is -2.21. The number of anilines is 1. The third-order valence-electron chi connectivity index (χ3n) is 3.12. The van der Waals surface area contributed by atoms with Gasteiger partial charge in [-0.3, -0.25) is 29.1 Å². The van der Waals surface area contributed by atoms with Crippen molar-refractivity contribution in [2.24, 2.45) is 19.8 Å². The number of hydrogen-bond donors (Lipinski definition) is 2. The van der Waals surface area contributed by atoms with Crippen molar-refractivity contribution in [2.45, 2.75) is 6.92 Å². The van der Waals surface area contributed by atoms with Gasteiger partial charge in [-0.1, -0.05) is 0 Å². The number of nitrogens with zero attached hydrogens (tertiary/aromatic N) is 5. The van der Waals surface area contributed by atoms with Crippen LogP contribution in [0.25, 0.3) is 0 Å². The van der Waals surface area contributed by atoms with E-state index < -0.39 is 22.4 Å². The van der Waals surface area contributed by atoms with Crippen LogP contribution in [0.2, 0.25) is 0 Å². The Kier molecular flexibility index (Phi) is 3.63. The highest BCUT2D eigenvalue weighted by molar-refractivity contribution is 6.09. The normalized spacial score (nSPS) is 10.5. The van der Waals surface area contributed by atoms with Gasteiger partial charge in [-0.15, -0.1) is 0 Å². The lowest BCUT2D eigenvalue weighted by Gasteiger charge is -2.03. The fraction of sp³-hybridized carbons (Fsp3) is 0.273. The van der Waals surface area contributed by atoms with E-state index in [1.807, 2.05) is 0 Å². The van der Waals surface area contributed by atoms with Crippen molar-refractivity contribution < 1.29 is 14.5 Å². The van der Waals surface area contributed by atoms with Crippen molar-refractivity contribution >= 4 is 23.2 Å². The predicted octanol–water partition coefficient (Wildman–Crippen LogP) is -0.279. The van der Waals surface area contributed by atoms with Crippen LogP contribution in [-0.4, -0.2) is 36.3 Å². The summed E-state index contributed by atoms with van der Waals surface area (Å²) in [6.07, 6.45) is 1.22. The molecule has 0 radical (unpaired) electrons. The molecule has 2 aromatic heterocycles. The number of aryl methyl sites for hydroxylation is 2. The fourth-order valence-electron chi connectivity index (χ4n) is 1.97. The van der Waals surface area contributed by atoms with E-state index in [4.69, 9.17) is 5.73 Å². The molecule has 2 amide bonds. The number of nitro groups is 1. The standard InChI is InChI=1S/C11H13N7O4/c1-5-8(18(21)22)7(15-16(5)2)11(20)14-6-4-13-17(3)9(6)10(12)19/h4H,1-3H3,(H2,12,19)(H,14,20). The number of nitrogens with one attached hydrogen (secondary N) is 1. The summed E-state index contributed by atoms with van der Waals surface area (Å²) < 4.78 is 2.42. The minimum absolute atomic E-state index is 0.0244. The van der Waals surface area contributed by atoms with Gasteiger partial charge in [-0.2, -0.15) is 10.2 Å². The molecule has 2 aromatic rings. The van der Waals surface area contributed by atoms with E-state index in [2.05, 4.69) is 15.5 Å². The molecular formula is C11H13N7O4. The van der Waals surface area contributed by atoms with Crippen LogP contribution in [-0.2, 0) is 14.1 Å². The van der Waals surface area contributed by atoms with Crippen LogP contribution in [0.1, 0.15) is 26.7 Å². The molecule has 0 aliphatic rings. The number of nitrogens with two attached hydrogens (primary N) is 1. The maximum atomic E-state index is 12.2. The van der Waals surface area contributed by atoms with Gasteiger partial charge < -0.3 is 11.1 Å². The van der Waals surface area contributed by atoms with Gasteiger partial charge >= 0.3 is 5.69 Å². The highest BCUT2D eigenvalue weighted by Crippen LogP contribution is 2.23. The molecule has 116 valence electrons. The summed E-state index contributed by atoms with van der Waals surface area (Å²) in [6, 6.07) is 0.